The molecule has 1 unspecified atom stereocenters. The van der Waals surface area contributed by atoms with Crippen molar-refractivity contribution in [3.63, 3.8) is 0 Å². The number of allylic oxidation sites excluding steroid dienone is 3. The molecule has 3 fully saturated rings. The standard InChI is InChI=1S/2C15H18F2N2O2.C13H18N2O.C3H5FO2.CH4.ClH/c2*1-14(2)10-4-5-19(13(21)12(16)17)8-15(10,3)6-9(7-18)11(14)20;1-12(2)10-4-5-15-8-13(10,3)6-9(7-14)11(12)16;1-2(4)3(5)6;;/h2*6,10,12H,4-5,8H2,1-3H3;6,10,15H,4-5,8H2,1-3H3;2H,1H3,(H,5,6);1H4;1H/t2*10-,15+;10-,13+;;;/m111.../s1. The van der Waals surface area contributed by atoms with Crippen LogP contribution in [0.3, 0.4) is 0 Å². The number of halogens is 6. The number of carboxylic acid groups (broad SMARTS) is 1. The van der Waals surface area contributed by atoms with Crippen molar-refractivity contribution >= 4 is 47.5 Å². The first-order valence-electron chi connectivity index (χ1n) is 21.1. The summed E-state index contributed by atoms with van der Waals surface area (Å²) in [5.41, 5.74) is -2.72. The average molecular weight is 956 g/mol. The zero-order chi connectivity index (χ0) is 49.1. The fourth-order valence-corrected chi connectivity index (χ4v) is 11.1. The van der Waals surface area contributed by atoms with Crippen LogP contribution in [0, 0.1) is 84.2 Å². The van der Waals surface area contributed by atoms with Crippen molar-refractivity contribution in [2.45, 2.75) is 115 Å². The van der Waals surface area contributed by atoms with E-state index in [2.05, 4.69) is 18.3 Å². The number of carbonyl (C=O) groups excluding carboxylic acids is 5. The first-order valence-corrected chi connectivity index (χ1v) is 21.1. The number of rotatable bonds is 3. The highest BCUT2D eigenvalue weighted by atomic mass is 35.5. The van der Waals surface area contributed by atoms with E-state index >= 15 is 0 Å². The summed E-state index contributed by atoms with van der Waals surface area (Å²) in [7, 11) is 0. The van der Waals surface area contributed by atoms with Crippen molar-refractivity contribution in [3.8, 4) is 18.2 Å². The number of nitrogens with zero attached hydrogens (tertiary/aromatic N) is 5. The smallest absolute Gasteiger partial charge is 0.337 e. The van der Waals surface area contributed by atoms with Crippen LogP contribution < -0.4 is 5.32 Å². The number of aliphatic carboxylic acids is 1. The third-order valence-electron chi connectivity index (χ3n) is 14.2. The Morgan fingerprint density at radius 3 is 1.20 bits per heavy atom. The molecule has 0 radical (unpaired) electrons. The number of carboxylic acids is 1. The summed E-state index contributed by atoms with van der Waals surface area (Å²) in [5.74, 6) is -3.98. The van der Waals surface area contributed by atoms with Crippen LogP contribution in [0.5, 0.6) is 0 Å². The molecule has 0 saturated carbocycles. The number of likely N-dealkylation sites (tertiary alicyclic amines) is 2. The number of carbonyl (C=O) groups is 6. The molecule has 3 heterocycles. The molecule has 2 amide bonds. The summed E-state index contributed by atoms with van der Waals surface area (Å²) in [6.45, 7) is 20.4. The molecule has 0 aromatic carbocycles. The van der Waals surface area contributed by atoms with Gasteiger partial charge in [0.2, 0.25) is 0 Å². The van der Waals surface area contributed by atoms with E-state index in [1.54, 1.807) is 39.8 Å². The van der Waals surface area contributed by atoms with Gasteiger partial charge in [0, 0.05) is 65.2 Å². The van der Waals surface area contributed by atoms with E-state index in [9.17, 15) is 50.7 Å². The van der Waals surface area contributed by atoms with Gasteiger partial charge in [-0.05, 0) is 50.5 Å². The number of alkyl halides is 5. The maximum Gasteiger partial charge on any atom is 0.337 e. The highest BCUT2D eigenvalue weighted by Crippen LogP contribution is 2.54. The molecule has 0 spiro atoms. The third kappa shape index (κ3) is 11.7. The number of amides is 2. The topological polar surface area (TPSA) is 213 Å². The molecule has 3 saturated heterocycles. The van der Waals surface area contributed by atoms with Crippen molar-refractivity contribution in [1.82, 2.24) is 15.1 Å². The number of Topliss-reactive ketones (excluding diaryl/α,β-unsaturated/α-hetero) is 3. The Hall–Kier alpha value is -4.99. The molecule has 366 valence electrons. The summed E-state index contributed by atoms with van der Waals surface area (Å²) in [6.07, 6.45) is -0.810. The Morgan fingerprint density at radius 2 is 0.924 bits per heavy atom. The van der Waals surface area contributed by atoms with Crippen LogP contribution >= 0.6 is 12.4 Å². The van der Waals surface area contributed by atoms with Gasteiger partial charge in [-0.25, -0.2) is 9.18 Å². The molecular formula is C47H64ClF5N6O7. The lowest BCUT2D eigenvalue weighted by atomic mass is 9.55. The van der Waals surface area contributed by atoms with Crippen LogP contribution in [0.2, 0.25) is 0 Å². The van der Waals surface area contributed by atoms with Gasteiger partial charge in [-0.3, -0.25) is 24.0 Å². The predicted molar refractivity (Wildman–Crippen MR) is 236 cm³/mol. The molecule has 7 atom stereocenters. The van der Waals surface area contributed by atoms with Gasteiger partial charge in [0.15, 0.2) is 23.5 Å². The van der Waals surface area contributed by atoms with E-state index < -0.39 is 63.9 Å². The molecule has 0 bridgehead atoms. The number of nitrogens with one attached hydrogen (secondary N) is 1. The summed E-state index contributed by atoms with van der Waals surface area (Å²) >= 11 is 0. The second kappa shape index (κ2) is 21.8. The minimum absolute atomic E-state index is 0. The van der Waals surface area contributed by atoms with E-state index in [-0.39, 0.29) is 91.8 Å². The molecule has 3 aliphatic heterocycles. The highest BCUT2D eigenvalue weighted by molar-refractivity contribution is 6.05. The van der Waals surface area contributed by atoms with Crippen molar-refractivity contribution < 1.29 is 55.8 Å². The molecule has 3 aliphatic carbocycles. The number of hydrogen-bond donors (Lipinski definition) is 2. The lowest BCUT2D eigenvalue weighted by molar-refractivity contribution is -0.151. The normalized spacial score (nSPS) is 30.3. The van der Waals surface area contributed by atoms with Gasteiger partial charge in [-0.2, -0.15) is 33.3 Å². The fraction of sp³-hybridized carbons (Fsp3) is 0.681. The minimum Gasteiger partial charge on any atom is -0.479 e. The molecular weight excluding hydrogens is 891 g/mol. The molecule has 0 aromatic heterocycles. The molecule has 6 aliphatic rings. The lowest BCUT2D eigenvalue weighted by Crippen LogP contribution is -2.57. The average Bonchev–Trinajstić information content (AvgIpc) is 3.21. The van der Waals surface area contributed by atoms with Crippen LogP contribution in [0.4, 0.5) is 22.0 Å². The third-order valence-corrected chi connectivity index (χ3v) is 14.2. The first kappa shape index (κ1) is 59.0. The van der Waals surface area contributed by atoms with Gasteiger partial charge in [0.1, 0.15) is 18.2 Å². The lowest BCUT2D eigenvalue weighted by Gasteiger charge is -2.52. The van der Waals surface area contributed by atoms with Gasteiger partial charge in [0.25, 0.3) is 11.8 Å². The quantitative estimate of drug-likeness (QED) is 0.265. The second-order valence-electron chi connectivity index (χ2n) is 20.0. The maximum absolute atomic E-state index is 12.6. The van der Waals surface area contributed by atoms with Crippen LogP contribution in [0.1, 0.15) is 95.9 Å². The summed E-state index contributed by atoms with van der Waals surface area (Å²) < 4.78 is 61.6. The Morgan fingerprint density at radius 1 is 0.636 bits per heavy atom. The van der Waals surface area contributed by atoms with Crippen LogP contribution in [-0.4, -0.2) is 108 Å². The zero-order valence-corrected chi connectivity index (χ0v) is 39.3. The zero-order valence-electron chi connectivity index (χ0n) is 38.5. The van der Waals surface area contributed by atoms with Crippen LogP contribution in [0.15, 0.2) is 34.9 Å². The van der Waals surface area contributed by atoms with Crippen LogP contribution in [-0.2, 0) is 28.8 Å². The molecule has 19 heteroatoms. The van der Waals surface area contributed by atoms with E-state index in [0.29, 0.717) is 24.3 Å². The molecule has 13 nitrogen and oxygen atoms in total. The predicted octanol–water partition coefficient (Wildman–Crippen LogP) is 7.48. The van der Waals surface area contributed by atoms with E-state index in [1.807, 2.05) is 45.9 Å². The Balaban J connectivity index is 0.000000462. The second-order valence-corrected chi connectivity index (χ2v) is 20.0. The summed E-state index contributed by atoms with van der Waals surface area (Å²) in [5, 5.41) is 38.3. The fourth-order valence-electron chi connectivity index (χ4n) is 11.1. The maximum atomic E-state index is 12.6. The van der Waals surface area contributed by atoms with Crippen LogP contribution in [0.25, 0.3) is 0 Å². The van der Waals surface area contributed by atoms with Crippen molar-refractivity contribution in [3.05, 3.63) is 34.9 Å². The molecule has 2 N–H and O–H groups in total. The van der Waals surface area contributed by atoms with E-state index in [4.69, 9.17) is 20.9 Å². The minimum atomic E-state index is -3.03. The number of ketones is 3. The summed E-state index contributed by atoms with van der Waals surface area (Å²) in [6, 6.07) is 5.84. The number of fused-ring (bicyclic) bond motifs is 3. The molecule has 0 aromatic rings. The van der Waals surface area contributed by atoms with Gasteiger partial charge in [-0.15, -0.1) is 12.4 Å². The van der Waals surface area contributed by atoms with Crippen molar-refractivity contribution in [2.24, 2.45) is 50.2 Å². The van der Waals surface area contributed by atoms with Gasteiger partial charge in [-0.1, -0.05) is 88.0 Å². The van der Waals surface area contributed by atoms with E-state index in [0.717, 1.165) is 36.2 Å². The number of piperidine rings is 3. The number of nitriles is 3. The van der Waals surface area contributed by atoms with Gasteiger partial charge >= 0.3 is 18.8 Å². The monoisotopic (exact) mass is 954 g/mol. The largest absolute Gasteiger partial charge is 0.479 e. The van der Waals surface area contributed by atoms with E-state index in [1.165, 1.54) is 0 Å². The molecule has 6 rings (SSSR count). The number of hydrogen-bond acceptors (Lipinski definition) is 10. The first-order chi connectivity index (χ1) is 29.3. The molecule has 66 heavy (non-hydrogen) atoms. The Kier molecular flexibility index (Phi) is 19.5. The van der Waals surface area contributed by atoms with Crippen molar-refractivity contribution in [1.29, 1.82) is 15.8 Å². The van der Waals surface area contributed by atoms with Gasteiger partial charge in [0.05, 0.1) is 16.7 Å². The highest BCUT2D eigenvalue weighted by Gasteiger charge is 2.56. The van der Waals surface area contributed by atoms with Gasteiger partial charge < -0.3 is 20.2 Å². The van der Waals surface area contributed by atoms with Crippen molar-refractivity contribution in [2.75, 3.05) is 39.3 Å². The Labute approximate surface area is 390 Å². The Bertz CT molecular complexity index is 2040. The summed E-state index contributed by atoms with van der Waals surface area (Å²) in [4.78, 5) is 71.4. The SMILES string of the molecule is C.CC(F)C(=O)O.CC1(C)C(=O)C(C#N)=C[C@@]2(C)CN(C(=O)C(F)F)CC[C@H]12.CC1(C)C(=O)C(C#N)=C[C@@]2(C)CN(C(=O)C(F)F)CC[C@H]12.CC1(C)C(=O)C(C#N)=C[C@@]2(C)CNCC[C@H]12.Cl.